The van der Waals surface area contributed by atoms with Gasteiger partial charge in [-0.25, -0.2) is 4.98 Å². The molecule has 0 saturated heterocycles. The van der Waals surface area contributed by atoms with Crippen molar-refractivity contribution in [2.24, 2.45) is 0 Å². The molecule has 0 atom stereocenters. The lowest BCUT2D eigenvalue weighted by atomic mass is 10.2. The van der Waals surface area contributed by atoms with Gasteiger partial charge in [-0.05, 0) is 19.1 Å². The van der Waals surface area contributed by atoms with Crippen molar-refractivity contribution in [2.45, 2.75) is 13.5 Å². The maximum absolute atomic E-state index is 11.2. The molecule has 1 heterocycles. The first-order chi connectivity index (χ1) is 9.69. The fourth-order valence-electron chi connectivity index (χ4n) is 1.62. The van der Waals surface area contributed by atoms with Crippen LogP contribution in [-0.2, 0) is 11.4 Å². The summed E-state index contributed by atoms with van der Waals surface area (Å²) in [7, 11) is 1.60. The van der Waals surface area contributed by atoms with Gasteiger partial charge in [-0.2, -0.15) is 0 Å². The predicted molar refractivity (Wildman–Crippen MR) is 80.7 cm³/mol. The van der Waals surface area contributed by atoms with Crippen molar-refractivity contribution < 1.29 is 9.53 Å². The molecule has 0 saturated carbocycles. The molecular weight excluding hydrogens is 272 g/mol. The highest BCUT2D eigenvalue weighted by molar-refractivity contribution is 7.09. The van der Waals surface area contributed by atoms with Crippen LogP contribution in [0.3, 0.4) is 0 Å². The number of nitrogens with zero attached hydrogens (tertiary/aromatic N) is 1. The predicted octanol–water partition coefficient (Wildman–Crippen LogP) is 2.79. The third-order valence-electron chi connectivity index (χ3n) is 2.62. The van der Waals surface area contributed by atoms with Gasteiger partial charge in [-0.1, -0.05) is 18.2 Å². The number of amides is 1. The molecular formula is C15H16N2O2S. The second kappa shape index (κ2) is 6.86. The van der Waals surface area contributed by atoms with E-state index in [0.717, 1.165) is 22.0 Å². The normalized spacial score (nSPS) is 10.7. The van der Waals surface area contributed by atoms with E-state index in [-0.39, 0.29) is 5.91 Å². The Hall–Kier alpha value is -2.14. The fraction of sp³-hybridized carbons (Fsp3) is 0.200. The maximum Gasteiger partial charge on any atom is 0.243 e. The molecule has 0 fully saturated rings. The van der Waals surface area contributed by atoms with Crippen molar-refractivity contribution >= 4 is 23.3 Å². The van der Waals surface area contributed by atoms with Crippen molar-refractivity contribution in [3.63, 3.8) is 0 Å². The molecule has 0 aliphatic carbocycles. The second-order valence-electron chi connectivity index (χ2n) is 4.13. The summed E-state index contributed by atoms with van der Waals surface area (Å²) in [5, 5.41) is 5.55. The zero-order chi connectivity index (χ0) is 14.4. The fourth-order valence-corrected chi connectivity index (χ4v) is 2.22. The lowest BCUT2D eigenvalue weighted by molar-refractivity contribution is -0.115. The van der Waals surface area contributed by atoms with E-state index in [1.165, 1.54) is 6.08 Å². The number of hydrogen-bond acceptors (Lipinski definition) is 4. The molecule has 0 aliphatic heterocycles. The van der Waals surface area contributed by atoms with E-state index in [4.69, 9.17) is 4.74 Å². The highest BCUT2D eigenvalue weighted by atomic mass is 32.1. The number of nitrogens with one attached hydrogen (secondary N) is 1. The first kappa shape index (κ1) is 14.3. The first-order valence-corrected chi connectivity index (χ1v) is 7.09. The highest BCUT2D eigenvalue weighted by Gasteiger charge is 2.03. The Bertz CT molecular complexity index is 620. The van der Waals surface area contributed by atoms with Gasteiger partial charge in [0.15, 0.2) is 0 Å². The molecule has 2 rings (SSSR count). The standard InChI is InChI=1S/C15H16N2O2S/c1-11-17-13(10-20-11)9-19-14-6-4-3-5-12(14)7-8-15(18)16-2/h3-8,10H,9H2,1-2H3,(H,16,18)/b8-7+. The molecule has 4 nitrogen and oxygen atoms in total. The summed E-state index contributed by atoms with van der Waals surface area (Å²) in [6.07, 6.45) is 3.22. The Kier molecular flexibility index (Phi) is 4.90. The van der Waals surface area contributed by atoms with Crippen LogP contribution in [0.25, 0.3) is 6.08 Å². The Morgan fingerprint density at radius 1 is 1.45 bits per heavy atom. The van der Waals surface area contributed by atoms with Crippen molar-refractivity contribution in [1.29, 1.82) is 0 Å². The number of aromatic nitrogens is 1. The molecule has 2 aromatic rings. The summed E-state index contributed by atoms with van der Waals surface area (Å²) >= 11 is 1.60. The molecule has 1 N–H and O–H groups in total. The topological polar surface area (TPSA) is 51.2 Å². The van der Waals surface area contributed by atoms with E-state index in [1.54, 1.807) is 24.5 Å². The van der Waals surface area contributed by atoms with E-state index < -0.39 is 0 Å². The third-order valence-corrected chi connectivity index (χ3v) is 3.44. The molecule has 20 heavy (non-hydrogen) atoms. The van der Waals surface area contributed by atoms with Crippen molar-refractivity contribution in [1.82, 2.24) is 10.3 Å². The lowest BCUT2D eigenvalue weighted by Gasteiger charge is -2.07. The van der Waals surface area contributed by atoms with Gasteiger partial charge >= 0.3 is 0 Å². The van der Waals surface area contributed by atoms with Crippen LogP contribution in [0.5, 0.6) is 5.75 Å². The summed E-state index contributed by atoms with van der Waals surface area (Å²) in [4.78, 5) is 15.6. The number of ether oxygens (including phenoxy) is 1. The van der Waals surface area contributed by atoms with E-state index in [2.05, 4.69) is 10.3 Å². The summed E-state index contributed by atoms with van der Waals surface area (Å²) in [6.45, 7) is 2.39. The highest BCUT2D eigenvalue weighted by Crippen LogP contribution is 2.21. The van der Waals surface area contributed by atoms with Gasteiger partial charge in [0.25, 0.3) is 0 Å². The van der Waals surface area contributed by atoms with Gasteiger partial charge in [-0.15, -0.1) is 11.3 Å². The summed E-state index contributed by atoms with van der Waals surface area (Å²) < 4.78 is 5.76. The van der Waals surface area contributed by atoms with Gasteiger partial charge in [0.05, 0.1) is 10.7 Å². The number of benzene rings is 1. The van der Waals surface area contributed by atoms with E-state index in [0.29, 0.717) is 6.61 Å². The van der Waals surface area contributed by atoms with E-state index in [1.807, 2.05) is 36.6 Å². The zero-order valence-electron chi connectivity index (χ0n) is 11.4. The Balaban J connectivity index is 2.07. The van der Waals surface area contributed by atoms with Gasteiger partial charge in [-0.3, -0.25) is 4.79 Å². The van der Waals surface area contributed by atoms with Crippen LogP contribution in [0.2, 0.25) is 0 Å². The SMILES string of the molecule is CNC(=O)/C=C/c1ccccc1OCc1csc(C)n1. The number of aryl methyl sites for hydroxylation is 1. The molecule has 0 bridgehead atoms. The minimum absolute atomic E-state index is 0.144. The minimum atomic E-state index is -0.144. The Morgan fingerprint density at radius 2 is 2.25 bits per heavy atom. The second-order valence-corrected chi connectivity index (χ2v) is 5.19. The number of likely N-dealkylation sites (N-methyl/N-ethyl adjacent to an activating group) is 1. The number of rotatable bonds is 5. The molecule has 1 aromatic heterocycles. The minimum Gasteiger partial charge on any atom is -0.487 e. The lowest BCUT2D eigenvalue weighted by Crippen LogP contribution is -2.13. The molecule has 0 unspecified atom stereocenters. The van der Waals surface area contributed by atoms with E-state index >= 15 is 0 Å². The Labute approximate surface area is 122 Å². The number of carbonyl (C=O) groups is 1. The monoisotopic (exact) mass is 288 g/mol. The van der Waals surface area contributed by atoms with Gasteiger partial charge in [0.2, 0.25) is 5.91 Å². The van der Waals surface area contributed by atoms with E-state index in [9.17, 15) is 4.79 Å². The third kappa shape index (κ3) is 3.93. The van der Waals surface area contributed by atoms with Crippen LogP contribution in [0, 0.1) is 6.92 Å². The molecule has 104 valence electrons. The van der Waals surface area contributed by atoms with Crippen LogP contribution < -0.4 is 10.1 Å². The number of carbonyl (C=O) groups excluding carboxylic acids is 1. The molecule has 0 radical (unpaired) electrons. The molecule has 5 heteroatoms. The summed E-state index contributed by atoms with van der Waals surface area (Å²) in [5.74, 6) is 0.591. The number of para-hydroxylation sites is 1. The van der Waals surface area contributed by atoms with Crippen molar-refractivity contribution in [3.8, 4) is 5.75 Å². The van der Waals surface area contributed by atoms with Gasteiger partial charge < -0.3 is 10.1 Å². The summed E-state index contributed by atoms with van der Waals surface area (Å²) in [5.41, 5.74) is 1.78. The smallest absolute Gasteiger partial charge is 0.243 e. The van der Waals surface area contributed by atoms with Gasteiger partial charge in [0.1, 0.15) is 12.4 Å². The molecule has 0 aliphatic rings. The van der Waals surface area contributed by atoms with Crippen LogP contribution >= 0.6 is 11.3 Å². The van der Waals surface area contributed by atoms with Crippen LogP contribution in [0.4, 0.5) is 0 Å². The number of hydrogen-bond donors (Lipinski definition) is 1. The molecule has 1 aromatic carbocycles. The first-order valence-electron chi connectivity index (χ1n) is 6.21. The number of thiazole rings is 1. The zero-order valence-corrected chi connectivity index (χ0v) is 12.2. The quantitative estimate of drug-likeness (QED) is 0.861. The molecule has 1 amide bonds. The average molecular weight is 288 g/mol. The van der Waals surface area contributed by atoms with Crippen molar-refractivity contribution in [3.05, 3.63) is 52.0 Å². The average Bonchev–Trinajstić information content (AvgIpc) is 2.89. The largest absolute Gasteiger partial charge is 0.487 e. The van der Waals surface area contributed by atoms with Crippen LogP contribution in [-0.4, -0.2) is 17.9 Å². The maximum atomic E-state index is 11.2. The van der Waals surface area contributed by atoms with Crippen molar-refractivity contribution in [2.75, 3.05) is 7.05 Å². The van der Waals surface area contributed by atoms with Gasteiger partial charge in [0, 0.05) is 24.1 Å². The Morgan fingerprint density at radius 3 is 2.95 bits per heavy atom. The van der Waals surface area contributed by atoms with Crippen LogP contribution in [0.1, 0.15) is 16.3 Å². The van der Waals surface area contributed by atoms with Crippen LogP contribution in [0.15, 0.2) is 35.7 Å². The summed E-state index contributed by atoms with van der Waals surface area (Å²) in [6, 6.07) is 7.59. The molecule has 0 spiro atoms.